The van der Waals surface area contributed by atoms with Gasteiger partial charge in [-0.2, -0.15) is 0 Å². The number of hydrogen-bond donors (Lipinski definition) is 0. The Kier molecular flexibility index (Phi) is 5.42. The van der Waals surface area contributed by atoms with E-state index in [1.807, 2.05) is 12.1 Å². The van der Waals surface area contributed by atoms with Gasteiger partial charge in [0.05, 0.1) is 0 Å². The summed E-state index contributed by atoms with van der Waals surface area (Å²) in [6.07, 6.45) is 4.80. The van der Waals surface area contributed by atoms with Crippen molar-refractivity contribution in [2.45, 2.75) is 63.7 Å². The van der Waals surface area contributed by atoms with Gasteiger partial charge in [0.1, 0.15) is 0 Å². The second-order valence-corrected chi connectivity index (χ2v) is 9.03. The SMILES string of the molecule is C[C@@H](c1ccccc1)N1[C@H]2CCCC[C@@H]2N([C@@H](C)c2ccccc2)P1[O-]. The van der Waals surface area contributed by atoms with E-state index in [1.54, 1.807) is 0 Å². The standard InChI is InChI=1S/C22H28N2OP/c1-17(19-11-5-3-6-12-19)23-21-15-9-10-16-22(21)24(26(23)25)18(2)20-13-7-4-8-14-20/h3-8,11-14,17-18,21-22H,9-10,15-16H2,1-2H3/q-1/t17-,18-,21-,22-/m0/s1. The molecule has 1 saturated heterocycles. The van der Waals surface area contributed by atoms with E-state index in [4.69, 9.17) is 0 Å². The molecule has 2 fully saturated rings. The molecule has 0 unspecified atom stereocenters. The summed E-state index contributed by atoms with van der Waals surface area (Å²) >= 11 is 0. The topological polar surface area (TPSA) is 29.5 Å². The van der Waals surface area contributed by atoms with Gasteiger partial charge >= 0.3 is 0 Å². The quantitative estimate of drug-likeness (QED) is 0.710. The first-order chi connectivity index (χ1) is 12.7. The summed E-state index contributed by atoms with van der Waals surface area (Å²) < 4.78 is 4.63. The lowest BCUT2D eigenvalue weighted by Gasteiger charge is -2.43. The van der Waals surface area contributed by atoms with Crippen LogP contribution in [0, 0.1) is 0 Å². The van der Waals surface area contributed by atoms with E-state index in [1.165, 1.54) is 24.0 Å². The molecule has 4 atom stereocenters. The lowest BCUT2D eigenvalue weighted by atomic mass is 9.88. The zero-order valence-corrected chi connectivity index (χ0v) is 16.6. The highest BCUT2D eigenvalue weighted by Crippen LogP contribution is 2.58. The fraction of sp³-hybridized carbons (Fsp3) is 0.455. The molecule has 0 bridgehead atoms. The Morgan fingerprint density at radius 3 is 1.54 bits per heavy atom. The van der Waals surface area contributed by atoms with E-state index in [2.05, 4.69) is 71.7 Å². The molecule has 1 aliphatic heterocycles. The Morgan fingerprint density at radius 2 is 1.15 bits per heavy atom. The fourth-order valence-corrected chi connectivity index (χ4v) is 6.87. The molecule has 0 aromatic heterocycles. The van der Waals surface area contributed by atoms with Crippen molar-refractivity contribution in [2.75, 3.05) is 0 Å². The van der Waals surface area contributed by atoms with Gasteiger partial charge in [-0.3, -0.25) is 9.34 Å². The summed E-state index contributed by atoms with van der Waals surface area (Å²) in [5.41, 5.74) is 2.52. The Balaban J connectivity index is 1.66. The van der Waals surface area contributed by atoms with Crippen LogP contribution in [0.2, 0.25) is 0 Å². The average molecular weight is 367 g/mol. The Bertz CT molecular complexity index is 649. The maximum absolute atomic E-state index is 13.7. The molecule has 2 aromatic rings. The molecular weight excluding hydrogens is 339 g/mol. The van der Waals surface area contributed by atoms with E-state index in [-0.39, 0.29) is 12.1 Å². The maximum atomic E-state index is 13.7. The van der Waals surface area contributed by atoms with Gasteiger partial charge in [0.2, 0.25) is 0 Å². The molecule has 4 rings (SSSR count). The van der Waals surface area contributed by atoms with Crippen molar-refractivity contribution in [3.8, 4) is 0 Å². The van der Waals surface area contributed by atoms with Crippen molar-refractivity contribution >= 4 is 8.45 Å². The second-order valence-electron chi connectivity index (χ2n) is 7.61. The normalized spacial score (nSPS) is 27.2. The van der Waals surface area contributed by atoms with Crippen LogP contribution < -0.4 is 4.89 Å². The monoisotopic (exact) mass is 367 g/mol. The van der Waals surface area contributed by atoms with E-state index in [9.17, 15) is 4.89 Å². The highest BCUT2D eigenvalue weighted by molar-refractivity contribution is 7.45. The molecule has 0 N–H and O–H groups in total. The van der Waals surface area contributed by atoms with Crippen LogP contribution in [0.1, 0.15) is 62.7 Å². The van der Waals surface area contributed by atoms with Gasteiger partial charge in [0.25, 0.3) is 0 Å². The lowest BCUT2D eigenvalue weighted by Crippen LogP contribution is -2.41. The van der Waals surface area contributed by atoms with Gasteiger partial charge in [-0.15, -0.1) is 0 Å². The number of benzene rings is 2. The van der Waals surface area contributed by atoms with Gasteiger partial charge in [-0.25, -0.2) is 0 Å². The summed E-state index contributed by atoms with van der Waals surface area (Å²) in [6, 6.07) is 22.2. The molecule has 0 spiro atoms. The van der Waals surface area contributed by atoms with Crippen molar-refractivity contribution in [2.24, 2.45) is 0 Å². The van der Waals surface area contributed by atoms with Crippen LogP contribution in [0.4, 0.5) is 0 Å². The molecule has 0 radical (unpaired) electrons. The molecule has 0 amide bonds. The molecule has 1 aliphatic carbocycles. The summed E-state index contributed by atoms with van der Waals surface area (Å²) in [5.74, 6) is 0. The van der Waals surface area contributed by atoms with Crippen molar-refractivity contribution in [1.29, 1.82) is 0 Å². The molecular formula is C22H28N2OP-. The van der Waals surface area contributed by atoms with Crippen LogP contribution in [-0.4, -0.2) is 21.4 Å². The molecule has 2 aromatic carbocycles. The van der Waals surface area contributed by atoms with Crippen LogP contribution in [0.5, 0.6) is 0 Å². The van der Waals surface area contributed by atoms with Crippen LogP contribution >= 0.6 is 8.45 Å². The van der Waals surface area contributed by atoms with E-state index >= 15 is 0 Å². The molecule has 1 heterocycles. The van der Waals surface area contributed by atoms with Crippen molar-refractivity contribution in [3.63, 3.8) is 0 Å². The summed E-state index contributed by atoms with van der Waals surface area (Å²) in [6.45, 7) is 4.43. The molecule has 2 aliphatic rings. The van der Waals surface area contributed by atoms with Crippen molar-refractivity contribution < 1.29 is 4.89 Å². The van der Waals surface area contributed by atoms with Crippen molar-refractivity contribution in [1.82, 2.24) is 9.34 Å². The third-order valence-corrected chi connectivity index (χ3v) is 8.20. The van der Waals surface area contributed by atoms with Gasteiger partial charge in [0, 0.05) is 24.2 Å². The first kappa shape index (κ1) is 18.1. The minimum atomic E-state index is -1.55. The smallest absolute Gasteiger partial charge is 0.0360 e. The number of rotatable bonds is 4. The summed E-state index contributed by atoms with van der Waals surface area (Å²) in [4.78, 5) is 13.7. The van der Waals surface area contributed by atoms with Crippen LogP contribution in [0.15, 0.2) is 60.7 Å². The van der Waals surface area contributed by atoms with Gasteiger partial charge in [-0.1, -0.05) is 82.0 Å². The Hall–Kier alpha value is -1.25. The molecule has 1 saturated carbocycles. The van der Waals surface area contributed by atoms with E-state index in [0.717, 1.165) is 12.8 Å². The highest BCUT2D eigenvalue weighted by atomic mass is 31.2. The van der Waals surface area contributed by atoms with Gasteiger partial charge < -0.3 is 4.89 Å². The van der Waals surface area contributed by atoms with Crippen LogP contribution in [-0.2, 0) is 0 Å². The minimum absolute atomic E-state index is 0.179. The van der Waals surface area contributed by atoms with Crippen molar-refractivity contribution in [3.05, 3.63) is 71.8 Å². The first-order valence-electron chi connectivity index (χ1n) is 9.82. The third-order valence-electron chi connectivity index (χ3n) is 6.13. The average Bonchev–Trinajstić information content (AvgIpc) is 3.00. The van der Waals surface area contributed by atoms with Crippen LogP contribution in [0.25, 0.3) is 0 Å². The first-order valence-corrected chi connectivity index (χ1v) is 11.0. The predicted molar refractivity (Wildman–Crippen MR) is 106 cm³/mol. The fourth-order valence-electron chi connectivity index (χ4n) is 4.72. The number of nitrogens with zero attached hydrogens (tertiary/aromatic N) is 2. The molecule has 138 valence electrons. The van der Waals surface area contributed by atoms with Gasteiger partial charge in [-0.05, 0) is 37.8 Å². The Labute approximate surface area is 158 Å². The zero-order valence-electron chi connectivity index (χ0n) is 15.7. The second kappa shape index (κ2) is 7.78. The predicted octanol–water partition coefficient (Wildman–Crippen LogP) is 5.02. The number of hydrogen-bond acceptors (Lipinski definition) is 3. The highest BCUT2D eigenvalue weighted by Gasteiger charge is 2.47. The zero-order chi connectivity index (χ0) is 18.1. The van der Waals surface area contributed by atoms with E-state index < -0.39 is 8.45 Å². The minimum Gasteiger partial charge on any atom is -0.806 e. The molecule has 26 heavy (non-hydrogen) atoms. The molecule has 3 nitrogen and oxygen atoms in total. The number of fused-ring (bicyclic) bond motifs is 1. The third kappa shape index (κ3) is 3.23. The maximum Gasteiger partial charge on any atom is 0.0360 e. The van der Waals surface area contributed by atoms with E-state index in [0.29, 0.717) is 12.1 Å². The largest absolute Gasteiger partial charge is 0.806 e. The summed E-state index contributed by atoms with van der Waals surface area (Å²) in [5, 5.41) is 0. The Morgan fingerprint density at radius 1 is 0.769 bits per heavy atom. The summed E-state index contributed by atoms with van der Waals surface area (Å²) in [7, 11) is -1.55. The lowest BCUT2D eigenvalue weighted by molar-refractivity contribution is -0.181. The van der Waals surface area contributed by atoms with Gasteiger partial charge in [0.15, 0.2) is 0 Å². The van der Waals surface area contributed by atoms with Crippen LogP contribution in [0.3, 0.4) is 0 Å². The molecule has 4 heteroatoms.